The molecule has 2 heteroatoms. The summed E-state index contributed by atoms with van der Waals surface area (Å²) in [5.74, 6) is 0. The van der Waals surface area contributed by atoms with Crippen molar-refractivity contribution in [2.45, 2.75) is 6.92 Å². The van der Waals surface area contributed by atoms with Crippen LogP contribution in [-0.2, 0) is 0 Å². The van der Waals surface area contributed by atoms with Crippen LogP contribution in [0.1, 0.15) is 6.92 Å². The molecule has 0 radical (unpaired) electrons. The van der Waals surface area contributed by atoms with E-state index in [1.165, 1.54) is 0 Å². The zero-order chi connectivity index (χ0) is 4.28. The highest BCUT2D eigenvalue weighted by Gasteiger charge is 1.67. The Morgan fingerprint density at radius 3 is 1.80 bits per heavy atom. The van der Waals surface area contributed by atoms with Gasteiger partial charge in [-0.05, 0) is 38.8 Å². The van der Waals surface area contributed by atoms with E-state index in [-0.39, 0.29) is 0 Å². The van der Waals surface area contributed by atoms with Crippen molar-refractivity contribution in [2.24, 2.45) is 0 Å². The van der Waals surface area contributed by atoms with E-state index >= 15 is 0 Å². The maximum atomic E-state index is 3.15. The summed E-state index contributed by atoms with van der Waals surface area (Å²) in [7, 11) is 0. The van der Waals surface area contributed by atoms with Crippen LogP contribution in [-0.4, -0.2) is 0 Å². The fourth-order valence-electron chi connectivity index (χ4n) is 0. The summed E-state index contributed by atoms with van der Waals surface area (Å²) in [6, 6.07) is 0. The number of halogens is 2. The van der Waals surface area contributed by atoms with Crippen molar-refractivity contribution in [3.63, 3.8) is 0 Å². The number of hydrogen-bond acceptors (Lipinski definition) is 0. The number of hydrogen-bond donors (Lipinski definition) is 0. The first-order valence-electron chi connectivity index (χ1n) is 1.24. The standard InChI is InChI=1S/C3H4Br2/c1-2-3(4)5/h2H,1H3. The molecule has 0 saturated heterocycles. The van der Waals surface area contributed by atoms with Gasteiger partial charge in [-0.2, -0.15) is 0 Å². The minimum absolute atomic E-state index is 1.00. The smallest absolute Gasteiger partial charge is 0.0561 e. The first-order chi connectivity index (χ1) is 2.27. The monoisotopic (exact) mass is 198 g/mol. The van der Waals surface area contributed by atoms with Crippen LogP contribution in [0.3, 0.4) is 0 Å². The Hall–Kier alpha value is 0.700. The first-order valence-corrected chi connectivity index (χ1v) is 2.83. The summed E-state index contributed by atoms with van der Waals surface area (Å²) in [4.78, 5) is 0. The van der Waals surface area contributed by atoms with Crippen LogP contribution in [0.2, 0.25) is 0 Å². The molecule has 0 amide bonds. The van der Waals surface area contributed by atoms with E-state index < -0.39 is 0 Å². The third-order valence-electron chi connectivity index (χ3n) is 0.218. The lowest BCUT2D eigenvalue weighted by atomic mass is 10.8. The molecular formula is C3H4Br2. The molecule has 0 atom stereocenters. The SMILES string of the molecule is CC=C(Br)Br. The van der Waals surface area contributed by atoms with Gasteiger partial charge in [0.15, 0.2) is 0 Å². The van der Waals surface area contributed by atoms with Crippen molar-refractivity contribution in [1.82, 2.24) is 0 Å². The normalized spacial score (nSPS) is 7.00. The van der Waals surface area contributed by atoms with Crippen LogP contribution in [0, 0.1) is 0 Å². The van der Waals surface area contributed by atoms with Gasteiger partial charge in [0.05, 0.1) is 3.39 Å². The highest BCUT2D eigenvalue weighted by molar-refractivity contribution is 9.28. The van der Waals surface area contributed by atoms with Crippen LogP contribution in [0.15, 0.2) is 9.47 Å². The Balaban J connectivity index is 3.14. The minimum Gasteiger partial charge on any atom is -0.0663 e. The van der Waals surface area contributed by atoms with Crippen LogP contribution in [0.25, 0.3) is 0 Å². The molecule has 30 valence electrons. The van der Waals surface area contributed by atoms with Gasteiger partial charge in [-0.1, -0.05) is 6.08 Å². The van der Waals surface area contributed by atoms with Crippen molar-refractivity contribution in [3.05, 3.63) is 9.47 Å². The van der Waals surface area contributed by atoms with E-state index in [1.807, 2.05) is 13.0 Å². The maximum Gasteiger partial charge on any atom is 0.0561 e. The van der Waals surface area contributed by atoms with Gasteiger partial charge < -0.3 is 0 Å². The van der Waals surface area contributed by atoms with E-state index in [0.717, 1.165) is 3.39 Å². The predicted octanol–water partition coefficient (Wildman–Crippen LogP) is 2.64. The molecule has 0 saturated carbocycles. The summed E-state index contributed by atoms with van der Waals surface area (Å²) >= 11 is 6.30. The van der Waals surface area contributed by atoms with E-state index in [4.69, 9.17) is 0 Å². The molecule has 0 nitrogen and oxygen atoms in total. The Morgan fingerprint density at radius 1 is 1.60 bits per heavy atom. The molecule has 0 aromatic rings. The van der Waals surface area contributed by atoms with Crippen molar-refractivity contribution < 1.29 is 0 Å². The van der Waals surface area contributed by atoms with Gasteiger partial charge in [-0.25, -0.2) is 0 Å². The number of allylic oxidation sites excluding steroid dienone is 1. The Labute approximate surface area is 48.5 Å². The van der Waals surface area contributed by atoms with E-state index in [1.54, 1.807) is 0 Å². The molecule has 0 aliphatic heterocycles. The van der Waals surface area contributed by atoms with Gasteiger partial charge in [0, 0.05) is 0 Å². The van der Waals surface area contributed by atoms with Crippen molar-refractivity contribution in [3.8, 4) is 0 Å². The van der Waals surface area contributed by atoms with Crippen molar-refractivity contribution in [2.75, 3.05) is 0 Å². The molecule has 0 spiro atoms. The summed E-state index contributed by atoms with van der Waals surface area (Å²) in [6.07, 6.45) is 1.92. The minimum atomic E-state index is 1.00. The second-order valence-electron chi connectivity index (χ2n) is 0.578. The second-order valence-corrected chi connectivity index (χ2v) is 3.35. The van der Waals surface area contributed by atoms with Gasteiger partial charge in [0.2, 0.25) is 0 Å². The largest absolute Gasteiger partial charge is 0.0663 e. The highest BCUT2D eigenvalue weighted by atomic mass is 79.9. The van der Waals surface area contributed by atoms with Crippen molar-refractivity contribution in [1.29, 1.82) is 0 Å². The lowest BCUT2D eigenvalue weighted by Crippen LogP contribution is -1.35. The zero-order valence-electron chi connectivity index (χ0n) is 2.83. The topological polar surface area (TPSA) is 0 Å². The summed E-state index contributed by atoms with van der Waals surface area (Å²) in [5, 5.41) is 0. The molecule has 0 fully saturated rings. The molecule has 0 rings (SSSR count). The number of rotatable bonds is 0. The van der Waals surface area contributed by atoms with Crippen LogP contribution in [0.5, 0.6) is 0 Å². The molecule has 0 unspecified atom stereocenters. The fraction of sp³-hybridized carbons (Fsp3) is 0.333. The van der Waals surface area contributed by atoms with E-state index in [2.05, 4.69) is 31.9 Å². The Bertz CT molecular complexity index is 42.9. The van der Waals surface area contributed by atoms with Crippen LogP contribution >= 0.6 is 31.9 Å². The summed E-state index contributed by atoms with van der Waals surface area (Å²) in [5.41, 5.74) is 0. The summed E-state index contributed by atoms with van der Waals surface area (Å²) < 4.78 is 1.00. The molecular weight excluding hydrogens is 196 g/mol. The quantitative estimate of drug-likeness (QED) is 0.563. The molecule has 5 heavy (non-hydrogen) atoms. The molecule has 0 bridgehead atoms. The molecule has 0 aromatic carbocycles. The van der Waals surface area contributed by atoms with E-state index in [9.17, 15) is 0 Å². The fourth-order valence-corrected chi connectivity index (χ4v) is 0. The average molecular weight is 200 g/mol. The van der Waals surface area contributed by atoms with Crippen LogP contribution in [0.4, 0.5) is 0 Å². The molecule has 0 heterocycles. The van der Waals surface area contributed by atoms with Gasteiger partial charge in [0.25, 0.3) is 0 Å². The highest BCUT2D eigenvalue weighted by Crippen LogP contribution is 2.10. The van der Waals surface area contributed by atoms with Crippen molar-refractivity contribution >= 4 is 31.9 Å². The van der Waals surface area contributed by atoms with Gasteiger partial charge in [0.1, 0.15) is 0 Å². The lowest BCUT2D eigenvalue weighted by Gasteiger charge is -1.67. The average Bonchev–Trinajstić information content (AvgIpc) is 1.38. The molecule has 0 aliphatic carbocycles. The molecule has 0 aromatic heterocycles. The first kappa shape index (κ1) is 5.70. The van der Waals surface area contributed by atoms with Gasteiger partial charge in [-0.15, -0.1) is 0 Å². The maximum absolute atomic E-state index is 3.15. The van der Waals surface area contributed by atoms with Gasteiger partial charge >= 0.3 is 0 Å². The summed E-state index contributed by atoms with van der Waals surface area (Å²) in [6.45, 7) is 1.94. The Kier molecular flexibility index (Phi) is 3.32. The van der Waals surface area contributed by atoms with Crippen LogP contribution < -0.4 is 0 Å². The molecule has 0 N–H and O–H groups in total. The lowest BCUT2D eigenvalue weighted by molar-refractivity contribution is 1.78. The third-order valence-corrected chi connectivity index (χ3v) is 1.13. The second kappa shape index (κ2) is 2.91. The Morgan fingerprint density at radius 2 is 1.80 bits per heavy atom. The van der Waals surface area contributed by atoms with Gasteiger partial charge in [-0.3, -0.25) is 0 Å². The predicted molar refractivity (Wildman–Crippen MR) is 31.6 cm³/mol. The third kappa shape index (κ3) is 4.70. The molecule has 0 aliphatic rings. The van der Waals surface area contributed by atoms with E-state index in [0.29, 0.717) is 0 Å². The zero-order valence-corrected chi connectivity index (χ0v) is 6.01.